The van der Waals surface area contributed by atoms with Gasteiger partial charge < -0.3 is 9.26 Å². The molecule has 0 saturated carbocycles. The number of nitrogens with two attached hydrogens (primary N) is 1. The zero-order chi connectivity index (χ0) is 22.2. The van der Waals surface area contributed by atoms with Gasteiger partial charge in [-0.3, -0.25) is 0 Å². The van der Waals surface area contributed by atoms with Crippen molar-refractivity contribution in [1.82, 2.24) is 5.16 Å². The van der Waals surface area contributed by atoms with E-state index in [2.05, 4.69) is 21.1 Å². The van der Waals surface area contributed by atoms with Gasteiger partial charge in [-0.05, 0) is 57.7 Å². The van der Waals surface area contributed by atoms with Crippen molar-refractivity contribution in [1.29, 1.82) is 0 Å². The first-order valence-electron chi connectivity index (χ1n) is 9.33. The monoisotopic (exact) mass is 498 g/mol. The van der Waals surface area contributed by atoms with Crippen molar-refractivity contribution in [3.05, 3.63) is 76.9 Å². The van der Waals surface area contributed by atoms with Crippen molar-refractivity contribution < 1.29 is 17.7 Å². The molecular formula is C23H19BrN2O4S. The van der Waals surface area contributed by atoms with Gasteiger partial charge in [-0.25, -0.2) is 13.6 Å². The number of hydrogen-bond donors (Lipinski definition) is 1. The molecule has 0 spiro atoms. The van der Waals surface area contributed by atoms with Gasteiger partial charge in [0.25, 0.3) is 0 Å². The second-order valence-corrected chi connectivity index (χ2v) is 9.27. The number of hydrogen-bond acceptors (Lipinski definition) is 5. The molecule has 4 aromatic rings. The van der Waals surface area contributed by atoms with Crippen LogP contribution in [0.5, 0.6) is 5.75 Å². The average Bonchev–Trinajstić information content (AvgIpc) is 3.11. The van der Waals surface area contributed by atoms with E-state index in [1.54, 1.807) is 19.2 Å². The highest BCUT2D eigenvalue weighted by Crippen LogP contribution is 2.46. The molecule has 0 aliphatic carbocycles. The Morgan fingerprint density at radius 2 is 1.58 bits per heavy atom. The minimum Gasteiger partial charge on any atom is -0.495 e. The number of halogens is 1. The summed E-state index contributed by atoms with van der Waals surface area (Å²) in [5.41, 5.74) is 4.98. The van der Waals surface area contributed by atoms with Crippen molar-refractivity contribution in [2.75, 3.05) is 7.11 Å². The van der Waals surface area contributed by atoms with Gasteiger partial charge in [0.2, 0.25) is 10.0 Å². The molecule has 0 amide bonds. The molecule has 1 aromatic heterocycles. The third kappa shape index (κ3) is 4.01. The Bertz CT molecular complexity index is 1350. The number of rotatable bonds is 5. The van der Waals surface area contributed by atoms with Crippen molar-refractivity contribution in [3.63, 3.8) is 0 Å². The standard InChI is InChI=1S/C23H19BrN2O4S/c1-14-21(24)23(30-26-14)19-13-12-18(15-8-10-17(11-9-15)31(25,27)28)20(22(19)29-2)16-6-4-3-5-7-16/h3-13H,1-2H3,(H2,25,27,28). The predicted octanol–water partition coefficient (Wildman–Crippen LogP) is 5.40. The minimum absolute atomic E-state index is 0.0576. The van der Waals surface area contributed by atoms with Crippen LogP contribution < -0.4 is 9.88 Å². The van der Waals surface area contributed by atoms with Crippen LogP contribution >= 0.6 is 15.9 Å². The van der Waals surface area contributed by atoms with Gasteiger partial charge in [0.1, 0.15) is 5.75 Å². The molecule has 0 saturated heterocycles. The lowest BCUT2D eigenvalue weighted by Crippen LogP contribution is -2.11. The molecule has 0 unspecified atom stereocenters. The highest BCUT2D eigenvalue weighted by atomic mass is 79.9. The van der Waals surface area contributed by atoms with E-state index in [0.29, 0.717) is 11.5 Å². The van der Waals surface area contributed by atoms with Gasteiger partial charge >= 0.3 is 0 Å². The number of benzene rings is 3. The third-order valence-electron chi connectivity index (χ3n) is 4.95. The second-order valence-electron chi connectivity index (χ2n) is 6.92. The van der Waals surface area contributed by atoms with Gasteiger partial charge in [0, 0.05) is 5.56 Å². The normalized spacial score (nSPS) is 11.5. The summed E-state index contributed by atoms with van der Waals surface area (Å²) in [6.07, 6.45) is 0. The maximum atomic E-state index is 11.6. The number of nitrogens with zero attached hydrogens (tertiary/aromatic N) is 1. The smallest absolute Gasteiger partial charge is 0.238 e. The molecule has 0 atom stereocenters. The molecule has 1 heterocycles. The van der Waals surface area contributed by atoms with Crippen molar-refractivity contribution in [3.8, 4) is 39.3 Å². The number of primary sulfonamides is 1. The summed E-state index contributed by atoms with van der Waals surface area (Å²) in [5, 5.41) is 9.28. The number of sulfonamides is 1. The number of ether oxygens (including phenoxy) is 1. The van der Waals surface area contributed by atoms with Crippen LogP contribution in [-0.2, 0) is 10.0 Å². The Kier molecular flexibility index (Phi) is 5.70. The fraction of sp³-hybridized carbons (Fsp3) is 0.0870. The van der Waals surface area contributed by atoms with Crippen LogP contribution in [0, 0.1) is 6.92 Å². The van der Waals surface area contributed by atoms with E-state index >= 15 is 0 Å². The molecule has 0 fully saturated rings. The summed E-state index contributed by atoms with van der Waals surface area (Å²) in [6, 6.07) is 20.1. The lowest BCUT2D eigenvalue weighted by Gasteiger charge is -2.18. The van der Waals surface area contributed by atoms with Crippen LogP contribution in [0.1, 0.15) is 5.69 Å². The molecule has 0 radical (unpaired) electrons. The van der Waals surface area contributed by atoms with Gasteiger partial charge in [-0.15, -0.1) is 0 Å². The summed E-state index contributed by atoms with van der Waals surface area (Å²) in [7, 11) is -2.16. The number of aryl methyl sites for hydroxylation is 1. The molecule has 158 valence electrons. The van der Waals surface area contributed by atoms with Crippen LogP contribution in [0.25, 0.3) is 33.6 Å². The van der Waals surface area contributed by atoms with Gasteiger partial charge in [-0.1, -0.05) is 53.7 Å². The van der Waals surface area contributed by atoms with Crippen LogP contribution in [0.15, 0.2) is 80.6 Å². The molecule has 8 heteroatoms. The summed E-state index contributed by atoms with van der Waals surface area (Å²) >= 11 is 3.54. The summed E-state index contributed by atoms with van der Waals surface area (Å²) in [5.74, 6) is 1.19. The van der Waals surface area contributed by atoms with Crippen molar-refractivity contribution in [2.24, 2.45) is 5.14 Å². The molecule has 4 rings (SSSR count). The van der Waals surface area contributed by atoms with E-state index < -0.39 is 10.0 Å². The molecule has 0 aliphatic heterocycles. The Hall–Kier alpha value is -2.94. The number of methoxy groups -OCH3 is 1. The molecule has 6 nitrogen and oxygen atoms in total. The molecule has 0 bridgehead atoms. The van der Waals surface area contributed by atoms with E-state index in [9.17, 15) is 8.42 Å². The van der Waals surface area contributed by atoms with E-state index in [0.717, 1.165) is 38.0 Å². The molecule has 3 aromatic carbocycles. The zero-order valence-corrected chi connectivity index (χ0v) is 19.2. The lowest BCUT2D eigenvalue weighted by molar-refractivity contribution is 0.406. The molecule has 0 aliphatic rings. The maximum Gasteiger partial charge on any atom is 0.238 e. The summed E-state index contributed by atoms with van der Waals surface area (Å²) in [4.78, 5) is 0.0576. The quantitative estimate of drug-likeness (QED) is 0.397. The molecular weight excluding hydrogens is 480 g/mol. The topological polar surface area (TPSA) is 95.4 Å². The fourth-order valence-corrected chi connectivity index (χ4v) is 4.33. The maximum absolute atomic E-state index is 11.6. The Morgan fingerprint density at radius 1 is 0.935 bits per heavy atom. The van der Waals surface area contributed by atoms with Crippen LogP contribution in [-0.4, -0.2) is 20.7 Å². The van der Waals surface area contributed by atoms with Gasteiger partial charge in [0.05, 0.1) is 27.7 Å². The van der Waals surface area contributed by atoms with Crippen molar-refractivity contribution in [2.45, 2.75) is 11.8 Å². The largest absolute Gasteiger partial charge is 0.495 e. The molecule has 2 N–H and O–H groups in total. The van der Waals surface area contributed by atoms with Gasteiger partial charge in [-0.2, -0.15) is 0 Å². The first-order chi connectivity index (χ1) is 14.8. The Morgan fingerprint density at radius 3 is 2.13 bits per heavy atom. The first-order valence-corrected chi connectivity index (χ1v) is 11.7. The SMILES string of the molecule is COc1c(-c2onc(C)c2Br)ccc(-c2ccc(S(N)(=O)=O)cc2)c1-c1ccccc1. The van der Waals surface area contributed by atoms with Crippen LogP contribution in [0.2, 0.25) is 0 Å². The lowest BCUT2D eigenvalue weighted by atomic mass is 9.91. The minimum atomic E-state index is -3.77. The Labute approximate surface area is 188 Å². The van der Waals surface area contributed by atoms with Crippen LogP contribution in [0.3, 0.4) is 0 Å². The molecule has 31 heavy (non-hydrogen) atoms. The van der Waals surface area contributed by atoms with Gasteiger partial charge in [0.15, 0.2) is 5.76 Å². The van der Waals surface area contributed by atoms with E-state index in [-0.39, 0.29) is 4.90 Å². The zero-order valence-electron chi connectivity index (χ0n) is 16.8. The highest BCUT2D eigenvalue weighted by molar-refractivity contribution is 9.10. The Balaban J connectivity index is 1.99. The second kappa shape index (κ2) is 8.30. The first kappa shape index (κ1) is 21.3. The van der Waals surface area contributed by atoms with E-state index in [1.165, 1.54) is 12.1 Å². The summed E-state index contributed by atoms with van der Waals surface area (Å²) < 4.78 is 35.5. The highest BCUT2D eigenvalue weighted by Gasteiger charge is 2.23. The third-order valence-corrected chi connectivity index (χ3v) is 6.82. The predicted molar refractivity (Wildman–Crippen MR) is 123 cm³/mol. The van der Waals surface area contributed by atoms with Crippen molar-refractivity contribution >= 4 is 26.0 Å². The fourth-order valence-electron chi connectivity index (χ4n) is 3.46. The van der Waals surface area contributed by atoms with E-state index in [1.807, 2.05) is 49.4 Å². The average molecular weight is 499 g/mol. The number of aromatic nitrogens is 1. The van der Waals surface area contributed by atoms with E-state index in [4.69, 9.17) is 14.4 Å². The summed E-state index contributed by atoms with van der Waals surface area (Å²) in [6.45, 7) is 1.85. The van der Waals surface area contributed by atoms with Crippen LogP contribution in [0.4, 0.5) is 0 Å².